The van der Waals surface area contributed by atoms with Crippen LogP contribution in [0.4, 0.5) is 4.39 Å². The molecule has 1 aliphatic rings. The number of hydrogen-bond acceptors (Lipinski definition) is 3. The number of sulfonamides is 1. The topological polar surface area (TPSA) is 66.5 Å². The lowest BCUT2D eigenvalue weighted by atomic mass is 9.95. The van der Waals surface area contributed by atoms with Crippen LogP contribution in [-0.4, -0.2) is 31.2 Å². The van der Waals surface area contributed by atoms with Crippen molar-refractivity contribution < 1.29 is 17.6 Å². The molecule has 1 aliphatic carbocycles. The standard InChI is InChI=1S/C22H26BrFN2O3S/c1-16(17-7-11-19(24)12-8-17)25-22(27)15-26(20-5-3-2-4-6-20)30(28,29)21-13-9-18(23)10-14-21/h7-14,16,20H,2-6,15H2,1H3,(H,25,27)/t16-/m0/s1. The molecule has 2 aromatic carbocycles. The lowest BCUT2D eigenvalue weighted by Crippen LogP contribution is -2.47. The highest BCUT2D eigenvalue weighted by Gasteiger charge is 2.34. The van der Waals surface area contributed by atoms with Crippen LogP contribution < -0.4 is 5.32 Å². The van der Waals surface area contributed by atoms with Crippen molar-refractivity contribution in [2.45, 2.75) is 56.0 Å². The molecule has 1 saturated carbocycles. The van der Waals surface area contributed by atoms with Crippen molar-refractivity contribution in [3.8, 4) is 0 Å². The van der Waals surface area contributed by atoms with Crippen molar-refractivity contribution in [3.63, 3.8) is 0 Å². The van der Waals surface area contributed by atoms with E-state index in [1.165, 1.54) is 16.4 Å². The van der Waals surface area contributed by atoms with Gasteiger partial charge in [-0.15, -0.1) is 0 Å². The Kier molecular flexibility index (Phi) is 7.65. The molecular weight excluding hydrogens is 471 g/mol. The van der Waals surface area contributed by atoms with Crippen LogP contribution in [0.25, 0.3) is 0 Å². The summed E-state index contributed by atoms with van der Waals surface area (Å²) in [6.45, 7) is 1.55. The zero-order chi connectivity index (χ0) is 21.7. The molecule has 8 heteroatoms. The zero-order valence-corrected chi connectivity index (χ0v) is 19.3. The van der Waals surface area contributed by atoms with E-state index in [2.05, 4.69) is 21.2 Å². The van der Waals surface area contributed by atoms with Crippen molar-refractivity contribution in [2.75, 3.05) is 6.54 Å². The summed E-state index contributed by atoms with van der Waals surface area (Å²) >= 11 is 3.32. The third-order valence-corrected chi connectivity index (χ3v) is 7.89. The van der Waals surface area contributed by atoms with Gasteiger partial charge in [0, 0.05) is 10.5 Å². The fourth-order valence-corrected chi connectivity index (χ4v) is 5.69. The fraction of sp³-hybridized carbons (Fsp3) is 0.409. The minimum absolute atomic E-state index is 0.177. The van der Waals surface area contributed by atoms with E-state index in [4.69, 9.17) is 0 Å². The van der Waals surface area contributed by atoms with E-state index >= 15 is 0 Å². The van der Waals surface area contributed by atoms with Crippen molar-refractivity contribution in [1.82, 2.24) is 9.62 Å². The molecule has 0 aromatic heterocycles. The minimum Gasteiger partial charge on any atom is -0.348 e. The lowest BCUT2D eigenvalue weighted by Gasteiger charge is -2.33. The number of hydrogen-bond donors (Lipinski definition) is 1. The maximum atomic E-state index is 13.4. The summed E-state index contributed by atoms with van der Waals surface area (Å²) < 4.78 is 42.0. The first-order valence-corrected chi connectivity index (χ1v) is 12.3. The predicted octanol–water partition coefficient (Wildman–Crippen LogP) is 4.79. The summed E-state index contributed by atoms with van der Waals surface area (Å²) in [5.74, 6) is -0.723. The summed E-state index contributed by atoms with van der Waals surface area (Å²) in [5, 5.41) is 2.84. The predicted molar refractivity (Wildman–Crippen MR) is 118 cm³/mol. The molecule has 0 radical (unpaired) electrons. The van der Waals surface area contributed by atoms with E-state index in [0.29, 0.717) is 0 Å². The monoisotopic (exact) mass is 496 g/mol. The van der Waals surface area contributed by atoms with Crippen molar-refractivity contribution in [1.29, 1.82) is 0 Å². The van der Waals surface area contributed by atoms with Crippen molar-refractivity contribution in [3.05, 3.63) is 64.4 Å². The Labute approximate surface area is 185 Å². The molecule has 1 amide bonds. The molecular formula is C22H26BrFN2O3S. The Hall–Kier alpha value is -1.77. The van der Waals surface area contributed by atoms with Crippen LogP contribution in [0.1, 0.15) is 50.6 Å². The first-order chi connectivity index (χ1) is 14.3. The second kappa shape index (κ2) is 10.0. The summed E-state index contributed by atoms with van der Waals surface area (Å²) in [4.78, 5) is 13.0. The molecule has 1 atom stereocenters. The van der Waals surface area contributed by atoms with Crippen LogP contribution in [0.3, 0.4) is 0 Å². The van der Waals surface area contributed by atoms with Crippen LogP contribution in [0.15, 0.2) is 57.9 Å². The zero-order valence-electron chi connectivity index (χ0n) is 16.9. The van der Waals surface area contributed by atoms with E-state index in [9.17, 15) is 17.6 Å². The largest absolute Gasteiger partial charge is 0.348 e. The van der Waals surface area contributed by atoms with Crippen molar-refractivity contribution >= 4 is 31.9 Å². The molecule has 0 saturated heterocycles. The first-order valence-electron chi connectivity index (χ1n) is 10.1. The summed E-state index contributed by atoms with van der Waals surface area (Å²) in [7, 11) is -3.82. The summed E-state index contributed by atoms with van der Waals surface area (Å²) in [5.41, 5.74) is 0.754. The Morgan fingerprint density at radius 2 is 1.70 bits per heavy atom. The maximum absolute atomic E-state index is 13.4. The number of carbonyl (C=O) groups is 1. The van der Waals surface area contributed by atoms with Gasteiger partial charge in [0.15, 0.2) is 0 Å². The first kappa shape index (κ1) is 22.9. The van der Waals surface area contributed by atoms with Crippen LogP contribution in [0.5, 0.6) is 0 Å². The van der Waals surface area contributed by atoms with Gasteiger partial charge in [-0.05, 0) is 61.7 Å². The fourth-order valence-electron chi connectivity index (χ4n) is 3.78. The van der Waals surface area contributed by atoms with E-state index in [-0.39, 0.29) is 35.2 Å². The third-order valence-electron chi connectivity index (χ3n) is 5.45. The molecule has 0 unspecified atom stereocenters. The van der Waals surface area contributed by atoms with Gasteiger partial charge < -0.3 is 5.32 Å². The number of amides is 1. The average molecular weight is 497 g/mol. The molecule has 0 spiro atoms. The van der Waals surface area contributed by atoms with Gasteiger partial charge >= 0.3 is 0 Å². The second-order valence-corrected chi connectivity index (χ2v) is 10.4. The Morgan fingerprint density at radius 3 is 2.30 bits per heavy atom. The number of benzene rings is 2. The third kappa shape index (κ3) is 5.68. The molecule has 30 heavy (non-hydrogen) atoms. The Morgan fingerprint density at radius 1 is 1.10 bits per heavy atom. The highest BCUT2D eigenvalue weighted by atomic mass is 79.9. The van der Waals surface area contributed by atoms with Crippen molar-refractivity contribution in [2.24, 2.45) is 0 Å². The SMILES string of the molecule is C[C@H](NC(=O)CN(C1CCCCC1)S(=O)(=O)c1ccc(Br)cc1)c1ccc(F)cc1. The second-order valence-electron chi connectivity index (χ2n) is 7.64. The number of carbonyl (C=O) groups excluding carboxylic acids is 1. The van der Waals surface area contributed by atoms with E-state index in [1.807, 2.05) is 0 Å². The van der Waals surface area contributed by atoms with Gasteiger partial charge in [-0.1, -0.05) is 47.3 Å². The van der Waals surface area contributed by atoms with Gasteiger partial charge in [0.25, 0.3) is 0 Å². The van der Waals surface area contributed by atoms with Gasteiger partial charge in [-0.3, -0.25) is 4.79 Å². The average Bonchev–Trinajstić information content (AvgIpc) is 2.73. The number of nitrogens with zero attached hydrogens (tertiary/aromatic N) is 1. The van der Waals surface area contributed by atoms with E-state index < -0.39 is 10.0 Å². The van der Waals surface area contributed by atoms with E-state index in [1.54, 1.807) is 43.3 Å². The van der Waals surface area contributed by atoms with E-state index in [0.717, 1.165) is 42.1 Å². The summed E-state index contributed by atoms with van der Waals surface area (Å²) in [6.07, 6.45) is 4.47. The molecule has 0 bridgehead atoms. The molecule has 5 nitrogen and oxygen atoms in total. The number of halogens is 2. The quantitative estimate of drug-likeness (QED) is 0.599. The van der Waals surface area contributed by atoms with Crippen LogP contribution in [0.2, 0.25) is 0 Å². The Bertz CT molecular complexity index is 959. The molecule has 3 rings (SSSR count). The number of rotatable bonds is 7. The van der Waals surface area contributed by atoms with Gasteiger partial charge in [0.2, 0.25) is 15.9 Å². The van der Waals surface area contributed by atoms with Gasteiger partial charge in [-0.25, -0.2) is 12.8 Å². The molecule has 0 heterocycles. The Balaban J connectivity index is 1.79. The van der Waals surface area contributed by atoms with Gasteiger partial charge in [0.05, 0.1) is 17.5 Å². The molecule has 0 aliphatic heterocycles. The lowest BCUT2D eigenvalue weighted by molar-refractivity contribution is -0.122. The van der Waals surface area contributed by atoms with Crippen LogP contribution in [0, 0.1) is 5.82 Å². The smallest absolute Gasteiger partial charge is 0.243 e. The minimum atomic E-state index is -3.82. The van der Waals surface area contributed by atoms with Gasteiger partial charge in [-0.2, -0.15) is 4.31 Å². The van der Waals surface area contributed by atoms with Crippen LogP contribution >= 0.6 is 15.9 Å². The molecule has 1 N–H and O–H groups in total. The molecule has 2 aromatic rings. The maximum Gasteiger partial charge on any atom is 0.243 e. The normalized spacial score (nSPS) is 16.4. The number of nitrogens with one attached hydrogen (secondary N) is 1. The highest BCUT2D eigenvalue weighted by molar-refractivity contribution is 9.10. The van der Waals surface area contributed by atoms with Crippen LogP contribution in [-0.2, 0) is 14.8 Å². The molecule has 162 valence electrons. The highest BCUT2D eigenvalue weighted by Crippen LogP contribution is 2.28. The summed E-state index contributed by atoms with van der Waals surface area (Å²) in [6, 6.07) is 11.8. The molecule has 1 fully saturated rings. The van der Waals surface area contributed by atoms with Gasteiger partial charge in [0.1, 0.15) is 5.82 Å².